The number of halogens is 2. The molecular formula is C18H30FIN4O. The van der Waals surface area contributed by atoms with Crippen LogP contribution >= 0.6 is 24.0 Å². The minimum Gasteiger partial charge on any atom is -0.378 e. The van der Waals surface area contributed by atoms with Gasteiger partial charge in [0.05, 0.1) is 18.3 Å². The standard InChI is InChI=1S/C18H29FN4O.HI/c1-2-20-18(23-14-17-16(19)10-6-11-21-17)22-12-7-13-24-15-8-4-3-5-9-15;/h6,10-11,15H,2-5,7-9,12-14H2,1H3,(H2,20,22,23);1H. The van der Waals surface area contributed by atoms with Gasteiger partial charge in [0.2, 0.25) is 0 Å². The number of rotatable bonds is 8. The number of ether oxygens (including phenoxy) is 1. The van der Waals surface area contributed by atoms with Crippen LogP contribution in [0.2, 0.25) is 0 Å². The van der Waals surface area contributed by atoms with E-state index in [0.29, 0.717) is 17.8 Å². The average molecular weight is 464 g/mol. The highest BCUT2D eigenvalue weighted by atomic mass is 127. The highest BCUT2D eigenvalue weighted by Gasteiger charge is 2.13. The maximum Gasteiger partial charge on any atom is 0.191 e. The van der Waals surface area contributed by atoms with Crippen molar-refractivity contribution >= 4 is 29.9 Å². The first-order valence-electron chi connectivity index (χ1n) is 9.02. The predicted molar refractivity (Wildman–Crippen MR) is 110 cm³/mol. The molecule has 1 aliphatic carbocycles. The van der Waals surface area contributed by atoms with Crippen molar-refractivity contribution in [2.45, 2.75) is 58.1 Å². The third-order valence-corrected chi connectivity index (χ3v) is 4.09. The molecule has 0 spiro atoms. The molecule has 0 saturated heterocycles. The normalized spacial score (nSPS) is 15.5. The second kappa shape index (κ2) is 13.3. The fraction of sp³-hybridized carbons (Fsp3) is 0.667. The van der Waals surface area contributed by atoms with E-state index in [2.05, 4.69) is 20.6 Å². The van der Waals surface area contributed by atoms with Crippen molar-refractivity contribution in [2.24, 2.45) is 4.99 Å². The highest BCUT2D eigenvalue weighted by Crippen LogP contribution is 2.20. The lowest BCUT2D eigenvalue weighted by Gasteiger charge is -2.22. The zero-order valence-corrected chi connectivity index (χ0v) is 17.3. The second-order valence-corrected chi connectivity index (χ2v) is 6.04. The summed E-state index contributed by atoms with van der Waals surface area (Å²) in [5.41, 5.74) is 0.357. The van der Waals surface area contributed by atoms with Crippen LogP contribution < -0.4 is 10.6 Å². The van der Waals surface area contributed by atoms with E-state index in [1.54, 1.807) is 12.3 Å². The van der Waals surface area contributed by atoms with E-state index >= 15 is 0 Å². The summed E-state index contributed by atoms with van der Waals surface area (Å²) in [6.07, 6.45) is 9.30. The molecule has 5 nitrogen and oxygen atoms in total. The number of guanidine groups is 1. The summed E-state index contributed by atoms with van der Waals surface area (Å²) in [5, 5.41) is 6.42. The van der Waals surface area contributed by atoms with Crippen molar-refractivity contribution in [3.05, 3.63) is 29.8 Å². The molecule has 1 heterocycles. The topological polar surface area (TPSA) is 58.5 Å². The summed E-state index contributed by atoms with van der Waals surface area (Å²) >= 11 is 0. The first kappa shape index (κ1) is 22.1. The Morgan fingerprint density at radius 2 is 2.12 bits per heavy atom. The van der Waals surface area contributed by atoms with Gasteiger partial charge in [-0.1, -0.05) is 19.3 Å². The van der Waals surface area contributed by atoms with Crippen molar-refractivity contribution in [1.29, 1.82) is 0 Å². The molecule has 7 heteroatoms. The zero-order chi connectivity index (χ0) is 17.0. The third-order valence-electron chi connectivity index (χ3n) is 4.09. The number of pyridine rings is 1. The monoisotopic (exact) mass is 464 g/mol. The van der Waals surface area contributed by atoms with Gasteiger partial charge in [-0.3, -0.25) is 4.98 Å². The van der Waals surface area contributed by atoms with Crippen molar-refractivity contribution in [1.82, 2.24) is 15.6 Å². The maximum absolute atomic E-state index is 13.6. The van der Waals surface area contributed by atoms with Gasteiger partial charge in [-0.05, 0) is 38.3 Å². The van der Waals surface area contributed by atoms with Crippen molar-refractivity contribution < 1.29 is 9.13 Å². The largest absolute Gasteiger partial charge is 0.378 e. The van der Waals surface area contributed by atoms with Gasteiger partial charge in [-0.25, -0.2) is 9.38 Å². The Kier molecular flexibility index (Phi) is 11.7. The van der Waals surface area contributed by atoms with E-state index in [0.717, 1.165) is 26.1 Å². The lowest BCUT2D eigenvalue weighted by atomic mass is 9.98. The molecule has 1 aromatic heterocycles. The van der Waals surface area contributed by atoms with Crippen LogP contribution in [0.3, 0.4) is 0 Å². The second-order valence-electron chi connectivity index (χ2n) is 6.04. The highest BCUT2D eigenvalue weighted by molar-refractivity contribution is 14.0. The molecule has 0 unspecified atom stereocenters. The smallest absolute Gasteiger partial charge is 0.191 e. The van der Waals surface area contributed by atoms with E-state index in [1.165, 1.54) is 38.2 Å². The van der Waals surface area contributed by atoms with Gasteiger partial charge >= 0.3 is 0 Å². The molecule has 1 saturated carbocycles. The van der Waals surface area contributed by atoms with Crippen LogP contribution in [-0.2, 0) is 11.3 Å². The Labute approximate surface area is 167 Å². The Morgan fingerprint density at radius 1 is 1.32 bits per heavy atom. The summed E-state index contributed by atoms with van der Waals surface area (Å²) in [6, 6.07) is 2.99. The number of nitrogens with one attached hydrogen (secondary N) is 2. The quantitative estimate of drug-likeness (QED) is 0.267. The lowest BCUT2D eigenvalue weighted by molar-refractivity contribution is 0.0277. The molecule has 0 aliphatic heterocycles. The summed E-state index contributed by atoms with van der Waals surface area (Å²) in [5.74, 6) is 0.359. The van der Waals surface area contributed by atoms with Gasteiger partial charge in [0, 0.05) is 25.9 Å². The molecule has 142 valence electrons. The van der Waals surface area contributed by atoms with Gasteiger partial charge in [0.1, 0.15) is 5.82 Å². The number of aromatic nitrogens is 1. The average Bonchev–Trinajstić information content (AvgIpc) is 2.61. The van der Waals surface area contributed by atoms with Gasteiger partial charge < -0.3 is 15.4 Å². The van der Waals surface area contributed by atoms with Crippen molar-refractivity contribution in [3.8, 4) is 0 Å². The first-order valence-corrected chi connectivity index (χ1v) is 9.02. The Balaban J connectivity index is 0.00000312. The van der Waals surface area contributed by atoms with E-state index < -0.39 is 0 Å². The molecule has 0 radical (unpaired) electrons. The molecular weight excluding hydrogens is 434 g/mol. The molecule has 25 heavy (non-hydrogen) atoms. The molecule has 0 bridgehead atoms. The van der Waals surface area contributed by atoms with E-state index in [-0.39, 0.29) is 36.3 Å². The minimum atomic E-state index is -0.321. The van der Waals surface area contributed by atoms with Crippen LogP contribution in [0.15, 0.2) is 23.3 Å². The molecule has 0 amide bonds. The summed E-state index contributed by atoms with van der Waals surface area (Å²) in [4.78, 5) is 8.40. The van der Waals surface area contributed by atoms with Crippen LogP contribution in [-0.4, -0.2) is 36.7 Å². The van der Waals surface area contributed by atoms with E-state index in [1.807, 2.05) is 6.92 Å². The van der Waals surface area contributed by atoms with Crippen LogP contribution in [0.1, 0.15) is 51.1 Å². The van der Waals surface area contributed by atoms with Gasteiger partial charge in [-0.15, -0.1) is 24.0 Å². The fourth-order valence-corrected chi connectivity index (χ4v) is 2.79. The lowest BCUT2D eigenvalue weighted by Crippen LogP contribution is -2.38. The van der Waals surface area contributed by atoms with Crippen LogP contribution in [0, 0.1) is 5.82 Å². The number of nitrogens with zero attached hydrogens (tertiary/aromatic N) is 2. The first-order chi connectivity index (χ1) is 11.8. The molecule has 1 fully saturated rings. The van der Waals surface area contributed by atoms with Gasteiger partial charge in [0.15, 0.2) is 5.96 Å². The fourth-order valence-electron chi connectivity index (χ4n) is 2.79. The molecule has 1 aromatic rings. The van der Waals surface area contributed by atoms with Crippen LogP contribution in [0.5, 0.6) is 0 Å². The Morgan fingerprint density at radius 3 is 2.84 bits per heavy atom. The Hall–Kier alpha value is -0.960. The van der Waals surface area contributed by atoms with Gasteiger partial charge in [0.25, 0.3) is 0 Å². The molecule has 0 aromatic carbocycles. The third kappa shape index (κ3) is 8.80. The summed E-state index contributed by atoms with van der Waals surface area (Å²) in [6.45, 7) is 4.54. The predicted octanol–water partition coefficient (Wildman–Crippen LogP) is 3.63. The summed E-state index contributed by atoms with van der Waals surface area (Å²) < 4.78 is 19.5. The summed E-state index contributed by atoms with van der Waals surface area (Å²) in [7, 11) is 0. The van der Waals surface area contributed by atoms with Gasteiger partial charge in [-0.2, -0.15) is 0 Å². The minimum absolute atomic E-state index is 0. The maximum atomic E-state index is 13.6. The Bertz CT molecular complexity index is 510. The van der Waals surface area contributed by atoms with Crippen LogP contribution in [0.25, 0.3) is 0 Å². The van der Waals surface area contributed by atoms with Crippen LogP contribution in [0.4, 0.5) is 4.39 Å². The van der Waals surface area contributed by atoms with E-state index in [4.69, 9.17) is 4.74 Å². The number of aliphatic imine (C=N–C) groups is 1. The number of hydrogen-bond acceptors (Lipinski definition) is 3. The SMILES string of the molecule is CCNC(=NCc1ncccc1F)NCCCOC1CCCCC1.I. The zero-order valence-electron chi connectivity index (χ0n) is 15.0. The molecule has 0 atom stereocenters. The number of hydrogen-bond donors (Lipinski definition) is 2. The molecule has 1 aliphatic rings. The molecule has 2 rings (SSSR count). The van der Waals surface area contributed by atoms with Crippen molar-refractivity contribution in [2.75, 3.05) is 19.7 Å². The molecule has 2 N–H and O–H groups in total. The van der Waals surface area contributed by atoms with E-state index in [9.17, 15) is 4.39 Å². The van der Waals surface area contributed by atoms with Crippen molar-refractivity contribution in [3.63, 3.8) is 0 Å².